The van der Waals surface area contributed by atoms with Crippen molar-refractivity contribution < 1.29 is 17.6 Å². The quantitative estimate of drug-likeness (QED) is 0.609. The summed E-state index contributed by atoms with van der Waals surface area (Å²) < 4.78 is 33.4. The molecule has 3 aromatic rings. The Morgan fingerprint density at radius 2 is 1.71 bits per heavy atom. The fourth-order valence-electron chi connectivity index (χ4n) is 2.74. The van der Waals surface area contributed by atoms with E-state index in [1.165, 1.54) is 6.26 Å². The zero-order chi connectivity index (χ0) is 20.0. The van der Waals surface area contributed by atoms with Gasteiger partial charge in [0.15, 0.2) is 0 Å². The van der Waals surface area contributed by atoms with Crippen molar-refractivity contribution in [2.24, 2.45) is 0 Å². The van der Waals surface area contributed by atoms with Crippen LogP contribution in [0.25, 0.3) is 0 Å². The standard InChI is InChI=1S/C21H22N2O4S/c1-16-9-11-19(12-10-16)28(25,26)23-20(17-6-3-2-4-7-17)14-21(24)22-15-18-8-5-13-27-18/h2-13,20,23H,14-15H2,1H3,(H,22,24)/t20-/m1/s1. The van der Waals surface area contributed by atoms with Gasteiger partial charge in [-0.1, -0.05) is 48.0 Å². The van der Waals surface area contributed by atoms with Crippen LogP contribution in [0.1, 0.15) is 29.3 Å². The average molecular weight is 398 g/mol. The van der Waals surface area contributed by atoms with E-state index in [0.29, 0.717) is 11.3 Å². The summed E-state index contributed by atoms with van der Waals surface area (Å²) in [5.74, 6) is 0.349. The van der Waals surface area contributed by atoms with Crippen LogP contribution < -0.4 is 10.0 Å². The Kier molecular flexibility index (Phi) is 6.28. The van der Waals surface area contributed by atoms with Crippen LogP contribution in [0.5, 0.6) is 0 Å². The van der Waals surface area contributed by atoms with Crippen molar-refractivity contribution in [3.63, 3.8) is 0 Å². The maximum atomic E-state index is 12.8. The number of carbonyl (C=O) groups is 1. The SMILES string of the molecule is Cc1ccc(S(=O)(=O)N[C@H](CC(=O)NCc2ccco2)c2ccccc2)cc1. The van der Waals surface area contributed by atoms with Gasteiger partial charge >= 0.3 is 0 Å². The van der Waals surface area contributed by atoms with Crippen LogP contribution in [0.3, 0.4) is 0 Å². The Labute approximate surface area is 164 Å². The van der Waals surface area contributed by atoms with Crippen LogP contribution in [0.2, 0.25) is 0 Å². The Morgan fingerprint density at radius 3 is 2.36 bits per heavy atom. The molecule has 0 fully saturated rings. The fraction of sp³-hybridized carbons (Fsp3) is 0.190. The van der Waals surface area contributed by atoms with E-state index in [9.17, 15) is 13.2 Å². The third-order valence-electron chi connectivity index (χ3n) is 4.26. The number of furan rings is 1. The van der Waals surface area contributed by atoms with Gasteiger partial charge in [0.25, 0.3) is 0 Å². The molecule has 2 N–H and O–H groups in total. The molecule has 0 spiro atoms. The van der Waals surface area contributed by atoms with Gasteiger partial charge in [-0.05, 0) is 36.8 Å². The molecule has 0 saturated heterocycles. The summed E-state index contributed by atoms with van der Waals surface area (Å²) in [6.07, 6.45) is 1.50. The second-order valence-corrected chi connectivity index (χ2v) is 8.17. The van der Waals surface area contributed by atoms with Gasteiger partial charge in [0.2, 0.25) is 15.9 Å². The summed E-state index contributed by atoms with van der Waals surface area (Å²) in [6.45, 7) is 2.14. The highest BCUT2D eigenvalue weighted by molar-refractivity contribution is 7.89. The lowest BCUT2D eigenvalue weighted by molar-refractivity contribution is -0.121. The monoisotopic (exact) mass is 398 g/mol. The maximum absolute atomic E-state index is 12.8. The van der Waals surface area contributed by atoms with Crippen molar-refractivity contribution in [2.75, 3.05) is 0 Å². The molecular weight excluding hydrogens is 376 g/mol. The summed E-state index contributed by atoms with van der Waals surface area (Å²) in [7, 11) is -3.78. The molecule has 0 radical (unpaired) electrons. The fourth-order valence-corrected chi connectivity index (χ4v) is 3.97. The highest BCUT2D eigenvalue weighted by Crippen LogP contribution is 2.21. The van der Waals surface area contributed by atoms with Gasteiger partial charge in [0.1, 0.15) is 5.76 Å². The number of carbonyl (C=O) groups excluding carboxylic acids is 1. The lowest BCUT2D eigenvalue weighted by atomic mass is 10.0. The third-order valence-corrected chi connectivity index (χ3v) is 5.75. The molecule has 3 rings (SSSR count). The highest BCUT2D eigenvalue weighted by atomic mass is 32.2. The minimum atomic E-state index is -3.78. The van der Waals surface area contributed by atoms with E-state index >= 15 is 0 Å². The van der Waals surface area contributed by atoms with E-state index < -0.39 is 16.1 Å². The lowest BCUT2D eigenvalue weighted by Gasteiger charge is -2.19. The lowest BCUT2D eigenvalue weighted by Crippen LogP contribution is -2.33. The van der Waals surface area contributed by atoms with Crippen LogP contribution in [-0.4, -0.2) is 14.3 Å². The topological polar surface area (TPSA) is 88.4 Å². The van der Waals surface area contributed by atoms with Gasteiger partial charge in [-0.25, -0.2) is 13.1 Å². The average Bonchev–Trinajstić information content (AvgIpc) is 3.20. The van der Waals surface area contributed by atoms with E-state index in [1.807, 2.05) is 25.1 Å². The number of hydrogen-bond donors (Lipinski definition) is 2. The van der Waals surface area contributed by atoms with E-state index in [-0.39, 0.29) is 23.8 Å². The molecule has 0 unspecified atom stereocenters. The largest absolute Gasteiger partial charge is 0.467 e. The molecule has 6 nitrogen and oxygen atoms in total. The number of sulfonamides is 1. The van der Waals surface area contributed by atoms with E-state index in [4.69, 9.17) is 4.42 Å². The van der Waals surface area contributed by atoms with Crippen LogP contribution >= 0.6 is 0 Å². The molecule has 0 aliphatic carbocycles. The first-order valence-corrected chi connectivity index (χ1v) is 10.4. The number of aryl methyl sites for hydroxylation is 1. The van der Waals surface area contributed by atoms with Crippen molar-refractivity contribution >= 4 is 15.9 Å². The van der Waals surface area contributed by atoms with Gasteiger partial charge in [-0.2, -0.15) is 0 Å². The molecule has 0 bridgehead atoms. The summed E-state index contributed by atoms with van der Waals surface area (Å²) in [5.41, 5.74) is 1.68. The van der Waals surface area contributed by atoms with Gasteiger partial charge < -0.3 is 9.73 Å². The van der Waals surface area contributed by atoms with E-state index in [2.05, 4.69) is 10.0 Å². The highest BCUT2D eigenvalue weighted by Gasteiger charge is 2.23. The van der Waals surface area contributed by atoms with Crippen LogP contribution in [0, 0.1) is 6.92 Å². The van der Waals surface area contributed by atoms with Crippen molar-refractivity contribution in [3.05, 3.63) is 89.9 Å². The van der Waals surface area contributed by atoms with Crippen molar-refractivity contribution in [1.82, 2.24) is 10.0 Å². The Balaban J connectivity index is 1.75. The predicted octanol–water partition coefficient (Wildman–Crippen LogP) is 3.31. The Bertz CT molecular complexity index is 998. The van der Waals surface area contributed by atoms with Gasteiger partial charge in [-0.15, -0.1) is 0 Å². The summed E-state index contributed by atoms with van der Waals surface area (Å²) in [5, 5.41) is 2.75. The second-order valence-electron chi connectivity index (χ2n) is 6.46. The van der Waals surface area contributed by atoms with E-state index in [0.717, 1.165) is 5.56 Å². The minimum Gasteiger partial charge on any atom is -0.467 e. The number of hydrogen-bond acceptors (Lipinski definition) is 4. The first kappa shape index (κ1) is 19.9. The molecule has 1 atom stereocenters. The zero-order valence-electron chi connectivity index (χ0n) is 15.5. The van der Waals surface area contributed by atoms with Gasteiger partial charge in [0, 0.05) is 6.42 Å². The van der Waals surface area contributed by atoms with Gasteiger partial charge in [-0.3, -0.25) is 4.79 Å². The van der Waals surface area contributed by atoms with Gasteiger partial charge in [0.05, 0.1) is 23.7 Å². The molecule has 7 heteroatoms. The van der Waals surface area contributed by atoms with Crippen LogP contribution in [0.15, 0.2) is 82.3 Å². The molecule has 146 valence electrons. The number of nitrogens with one attached hydrogen (secondary N) is 2. The van der Waals surface area contributed by atoms with Crippen molar-refractivity contribution in [3.8, 4) is 0 Å². The molecule has 0 aliphatic rings. The number of benzene rings is 2. The predicted molar refractivity (Wildman–Crippen MR) is 106 cm³/mol. The molecule has 28 heavy (non-hydrogen) atoms. The van der Waals surface area contributed by atoms with E-state index in [1.54, 1.807) is 48.5 Å². The molecule has 0 aliphatic heterocycles. The number of rotatable bonds is 8. The molecule has 0 saturated carbocycles. The van der Waals surface area contributed by atoms with Crippen LogP contribution in [-0.2, 0) is 21.4 Å². The first-order chi connectivity index (χ1) is 13.4. The Morgan fingerprint density at radius 1 is 1.00 bits per heavy atom. The normalized spacial score (nSPS) is 12.5. The smallest absolute Gasteiger partial charge is 0.241 e. The second kappa shape index (κ2) is 8.86. The summed E-state index contributed by atoms with van der Waals surface area (Å²) in [4.78, 5) is 12.6. The number of amides is 1. The molecule has 1 aromatic heterocycles. The third kappa shape index (κ3) is 5.31. The Hall–Kier alpha value is -2.90. The maximum Gasteiger partial charge on any atom is 0.241 e. The molecule has 1 heterocycles. The summed E-state index contributed by atoms with van der Waals surface area (Å²) >= 11 is 0. The molecule has 2 aromatic carbocycles. The minimum absolute atomic E-state index is 0.0319. The molecular formula is C21H22N2O4S. The van der Waals surface area contributed by atoms with Crippen molar-refractivity contribution in [1.29, 1.82) is 0 Å². The van der Waals surface area contributed by atoms with Crippen LogP contribution in [0.4, 0.5) is 0 Å². The van der Waals surface area contributed by atoms with Crippen molar-refractivity contribution in [2.45, 2.75) is 30.8 Å². The zero-order valence-corrected chi connectivity index (χ0v) is 16.3. The molecule has 1 amide bonds. The first-order valence-electron chi connectivity index (χ1n) is 8.87. The summed E-state index contributed by atoms with van der Waals surface area (Å²) in [6, 6.07) is 18.4.